The molecule has 0 heterocycles. The second kappa shape index (κ2) is 5.25. The molecule has 0 N–H and O–H groups in total. The zero-order valence-corrected chi connectivity index (χ0v) is 9.42. The number of carbonyl (C=O) groups is 1. The summed E-state index contributed by atoms with van der Waals surface area (Å²) in [4.78, 5) is 10.4. The molecule has 2 nitrogen and oxygen atoms in total. The van der Waals surface area contributed by atoms with E-state index in [1.165, 1.54) is 0 Å². The van der Waals surface area contributed by atoms with Crippen LogP contribution in [-0.2, 0) is 0 Å². The van der Waals surface area contributed by atoms with E-state index in [2.05, 4.69) is 0 Å². The van der Waals surface area contributed by atoms with Crippen LogP contribution in [0.25, 0.3) is 0 Å². The maximum Gasteiger partial charge on any atom is 0.191 e. The molecule has 4 heteroatoms. The minimum Gasteiger partial charge on any atom is -0.484 e. The largest absolute Gasteiger partial charge is 0.484 e. The Kier molecular flexibility index (Phi) is 3.71. The molecule has 1 saturated carbocycles. The second-order valence-electron chi connectivity index (χ2n) is 4.31. The fourth-order valence-corrected chi connectivity index (χ4v) is 2.11. The predicted octanol–water partition coefficient (Wildman–Crippen LogP) is 3.49. The lowest BCUT2D eigenvalue weighted by Gasteiger charge is -2.23. The van der Waals surface area contributed by atoms with Crippen molar-refractivity contribution in [3.8, 4) is 5.75 Å². The van der Waals surface area contributed by atoms with Crippen LogP contribution in [-0.4, -0.2) is 12.4 Å². The van der Waals surface area contributed by atoms with Crippen molar-refractivity contribution in [1.29, 1.82) is 0 Å². The van der Waals surface area contributed by atoms with Gasteiger partial charge in [-0.15, -0.1) is 0 Å². The highest BCUT2D eigenvalue weighted by Crippen LogP contribution is 2.28. The maximum atomic E-state index is 13.5. The first-order valence-electron chi connectivity index (χ1n) is 5.81. The Morgan fingerprint density at radius 1 is 1.12 bits per heavy atom. The smallest absolute Gasteiger partial charge is 0.191 e. The second-order valence-corrected chi connectivity index (χ2v) is 4.31. The van der Waals surface area contributed by atoms with Gasteiger partial charge in [-0.05, 0) is 37.8 Å². The van der Waals surface area contributed by atoms with Gasteiger partial charge in [0.25, 0.3) is 0 Å². The molecule has 0 spiro atoms. The van der Waals surface area contributed by atoms with Crippen molar-refractivity contribution in [2.75, 3.05) is 0 Å². The first-order valence-corrected chi connectivity index (χ1v) is 5.81. The average molecular weight is 240 g/mol. The van der Waals surface area contributed by atoms with Gasteiger partial charge in [-0.3, -0.25) is 4.79 Å². The molecule has 1 fully saturated rings. The molecule has 1 aromatic carbocycles. The van der Waals surface area contributed by atoms with Gasteiger partial charge in [-0.2, -0.15) is 0 Å². The van der Waals surface area contributed by atoms with E-state index in [4.69, 9.17) is 4.74 Å². The Morgan fingerprint density at radius 3 is 2.24 bits per heavy atom. The van der Waals surface area contributed by atoms with E-state index in [0.29, 0.717) is 6.29 Å². The van der Waals surface area contributed by atoms with E-state index >= 15 is 0 Å². The topological polar surface area (TPSA) is 26.3 Å². The Bertz CT molecular complexity index is 389. The third kappa shape index (κ3) is 2.81. The summed E-state index contributed by atoms with van der Waals surface area (Å²) in [7, 11) is 0. The van der Waals surface area contributed by atoms with Crippen LogP contribution in [0.2, 0.25) is 0 Å². The lowest BCUT2D eigenvalue weighted by molar-refractivity contribution is 0.112. The summed E-state index contributed by atoms with van der Waals surface area (Å²) in [5.41, 5.74) is -0.0176. The van der Waals surface area contributed by atoms with E-state index in [-0.39, 0.29) is 17.4 Å². The van der Waals surface area contributed by atoms with Crippen LogP contribution >= 0.6 is 0 Å². The normalized spacial score (nSPS) is 16.8. The third-order valence-corrected chi connectivity index (χ3v) is 2.99. The summed E-state index contributed by atoms with van der Waals surface area (Å²) in [6.45, 7) is 0. The number of rotatable bonds is 3. The van der Waals surface area contributed by atoms with Crippen molar-refractivity contribution >= 4 is 6.29 Å². The van der Waals surface area contributed by atoms with E-state index in [0.717, 1.165) is 44.2 Å². The number of aldehydes is 1. The molecule has 0 radical (unpaired) electrons. The number of hydrogen-bond acceptors (Lipinski definition) is 2. The highest BCUT2D eigenvalue weighted by atomic mass is 19.1. The van der Waals surface area contributed by atoms with Gasteiger partial charge in [0, 0.05) is 5.56 Å². The zero-order chi connectivity index (χ0) is 12.3. The summed E-state index contributed by atoms with van der Waals surface area (Å²) in [6.07, 6.45) is 5.16. The van der Waals surface area contributed by atoms with Crippen LogP contribution in [0.15, 0.2) is 12.1 Å². The van der Waals surface area contributed by atoms with Gasteiger partial charge in [-0.1, -0.05) is 6.42 Å². The summed E-state index contributed by atoms with van der Waals surface area (Å²) < 4.78 is 32.4. The van der Waals surface area contributed by atoms with Gasteiger partial charge in [0.1, 0.15) is 6.29 Å². The number of carbonyl (C=O) groups excluding carboxylic acids is 1. The van der Waals surface area contributed by atoms with Crippen LogP contribution in [0.3, 0.4) is 0 Å². The molecule has 2 rings (SSSR count). The Hall–Kier alpha value is -1.45. The van der Waals surface area contributed by atoms with Crippen LogP contribution < -0.4 is 4.74 Å². The fraction of sp³-hybridized carbons (Fsp3) is 0.462. The molecule has 0 atom stereocenters. The predicted molar refractivity (Wildman–Crippen MR) is 59.2 cm³/mol. The highest BCUT2D eigenvalue weighted by Gasteiger charge is 2.20. The quantitative estimate of drug-likeness (QED) is 0.756. The number of benzene rings is 1. The van der Waals surface area contributed by atoms with Gasteiger partial charge in [-0.25, -0.2) is 8.78 Å². The van der Waals surface area contributed by atoms with Crippen molar-refractivity contribution in [3.05, 3.63) is 29.3 Å². The maximum absolute atomic E-state index is 13.5. The summed E-state index contributed by atoms with van der Waals surface area (Å²) >= 11 is 0. The van der Waals surface area contributed by atoms with Crippen molar-refractivity contribution in [3.63, 3.8) is 0 Å². The molecule has 0 aliphatic heterocycles. The fourth-order valence-electron chi connectivity index (χ4n) is 2.11. The Morgan fingerprint density at radius 2 is 1.71 bits per heavy atom. The van der Waals surface area contributed by atoms with Gasteiger partial charge >= 0.3 is 0 Å². The monoisotopic (exact) mass is 240 g/mol. The molecule has 1 aliphatic rings. The summed E-state index contributed by atoms with van der Waals surface area (Å²) in [5.74, 6) is -1.97. The van der Waals surface area contributed by atoms with Crippen molar-refractivity contribution in [2.24, 2.45) is 0 Å². The molecule has 1 aromatic rings. The molecule has 0 saturated heterocycles. The molecule has 92 valence electrons. The van der Waals surface area contributed by atoms with E-state index in [1.807, 2.05) is 0 Å². The molecule has 17 heavy (non-hydrogen) atoms. The van der Waals surface area contributed by atoms with Crippen molar-refractivity contribution in [2.45, 2.75) is 38.2 Å². The average Bonchev–Trinajstić information content (AvgIpc) is 2.35. The first-order chi connectivity index (χ1) is 8.20. The van der Waals surface area contributed by atoms with Gasteiger partial charge < -0.3 is 4.74 Å². The summed E-state index contributed by atoms with van der Waals surface area (Å²) in [5, 5.41) is 0. The van der Waals surface area contributed by atoms with E-state index in [1.54, 1.807) is 0 Å². The minimum absolute atomic E-state index is 0.0176. The molecule has 0 unspecified atom stereocenters. The van der Waals surface area contributed by atoms with E-state index in [9.17, 15) is 13.6 Å². The van der Waals surface area contributed by atoms with Crippen molar-refractivity contribution < 1.29 is 18.3 Å². The van der Waals surface area contributed by atoms with Crippen LogP contribution in [0.5, 0.6) is 5.75 Å². The zero-order valence-electron chi connectivity index (χ0n) is 9.42. The molecular formula is C13H14F2O2. The lowest BCUT2D eigenvalue weighted by atomic mass is 9.98. The number of halogens is 2. The molecule has 0 bridgehead atoms. The standard InChI is InChI=1S/C13H14F2O2/c14-11-6-9(8-16)7-12(15)13(11)17-10-4-2-1-3-5-10/h6-8,10H,1-5H2. The number of ether oxygens (including phenoxy) is 1. The highest BCUT2D eigenvalue weighted by molar-refractivity contribution is 5.75. The van der Waals surface area contributed by atoms with Crippen LogP contribution in [0, 0.1) is 11.6 Å². The lowest BCUT2D eigenvalue weighted by Crippen LogP contribution is -2.20. The van der Waals surface area contributed by atoms with Gasteiger partial charge in [0.15, 0.2) is 17.4 Å². The Labute approximate surface area is 98.6 Å². The van der Waals surface area contributed by atoms with Gasteiger partial charge in [0.05, 0.1) is 6.10 Å². The SMILES string of the molecule is O=Cc1cc(F)c(OC2CCCCC2)c(F)c1. The molecule has 1 aliphatic carbocycles. The van der Waals surface area contributed by atoms with Crippen molar-refractivity contribution in [1.82, 2.24) is 0 Å². The van der Waals surface area contributed by atoms with Crippen LogP contribution in [0.1, 0.15) is 42.5 Å². The third-order valence-electron chi connectivity index (χ3n) is 2.99. The molecule has 0 aromatic heterocycles. The van der Waals surface area contributed by atoms with Crippen LogP contribution in [0.4, 0.5) is 8.78 Å². The number of hydrogen-bond donors (Lipinski definition) is 0. The summed E-state index contributed by atoms with van der Waals surface area (Å²) in [6, 6.07) is 1.99. The molecular weight excluding hydrogens is 226 g/mol. The van der Waals surface area contributed by atoms with Gasteiger partial charge in [0.2, 0.25) is 0 Å². The minimum atomic E-state index is -0.808. The molecule has 0 amide bonds. The Balaban J connectivity index is 2.17. The van der Waals surface area contributed by atoms with E-state index < -0.39 is 11.6 Å². The first kappa shape index (κ1) is 12.0.